The first kappa shape index (κ1) is 23.8. The van der Waals surface area contributed by atoms with Gasteiger partial charge in [0.25, 0.3) is 11.6 Å². The molecule has 1 N–H and O–H groups in total. The number of carbonyl (C=O) groups is 1. The summed E-state index contributed by atoms with van der Waals surface area (Å²) in [7, 11) is 0. The number of nitrogens with one attached hydrogen (secondary N) is 1. The number of halogens is 2. The summed E-state index contributed by atoms with van der Waals surface area (Å²) in [6, 6.07) is 18.1. The number of carbonyl (C=O) groups excluding carboxylic acids is 1. The second-order valence-electron chi connectivity index (χ2n) is 7.02. The van der Waals surface area contributed by atoms with Gasteiger partial charge in [-0.2, -0.15) is 5.26 Å². The van der Waals surface area contributed by atoms with Gasteiger partial charge in [0, 0.05) is 17.8 Å². The Labute approximate surface area is 200 Å². The molecule has 0 spiro atoms. The van der Waals surface area contributed by atoms with Crippen molar-refractivity contribution >= 4 is 46.6 Å². The van der Waals surface area contributed by atoms with Crippen LogP contribution in [-0.2, 0) is 11.4 Å². The predicted octanol–water partition coefficient (Wildman–Crippen LogP) is 6.33. The highest BCUT2D eigenvalue weighted by molar-refractivity contribution is 6.37. The number of aryl methyl sites for hydroxylation is 1. The van der Waals surface area contributed by atoms with E-state index in [1.165, 1.54) is 42.5 Å². The fourth-order valence-electron chi connectivity index (χ4n) is 2.97. The summed E-state index contributed by atoms with van der Waals surface area (Å²) in [4.78, 5) is 22.8. The van der Waals surface area contributed by atoms with Crippen LogP contribution in [0.15, 0.2) is 66.2 Å². The third kappa shape index (κ3) is 6.32. The Morgan fingerprint density at radius 3 is 2.48 bits per heavy atom. The van der Waals surface area contributed by atoms with E-state index >= 15 is 0 Å². The molecule has 0 saturated heterocycles. The van der Waals surface area contributed by atoms with Gasteiger partial charge in [0.1, 0.15) is 18.2 Å². The number of rotatable bonds is 7. The number of nitriles is 1. The summed E-state index contributed by atoms with van der Waals surface area (Å²) in [5.74, 6) is -0.443. The van der Waals surface area contributed by atoms with Crippen LogP contribution in [-0.4, -0.2) is 10.8 Å². The second kappa shape index (κ2) is 10.6. The Morgan fingerprint density at radius 2 is 1.85 bits per heavy atom. The molecule has 0 radical (unpaired) electrons. The van der Waals surface area contributed by atoms with Crippen LogP contribution in [0.3, 0.4) is 0 Å². The third-order valence-corrected chi connectivity index (χ3v) is 5.04. The third-order valence-electron chi connectivity index (χ3n) is 4.48. The number of anilines is 1. The first-order valence-corrected chi connectivity index (χ1v) is 10.4. The van der Waals surface area contributed by atoms with E-state index in [9.17, 15) is 20.2 Å². The zero-order chi connectivity index (χ0) is 24.0. The summed E-state index contributed by atoms with van der Waals surface area (Å²) < 4.78 is 5.77. The molecule has 0 aliphatic heterocycles. The normalized spacial score (nSPS) is 10.9. The number of ether oxygens (including phenoxy) is 1. The van der Waals surface area contributed by atoms with Crippen molar-refractivity contribution in [2.24, 2.45) is 0 Å². The number of hydrogen-bond donors (Lipinski definition) is 1. The van der Waals surface area contributed by atoms with Crippen LogP contribution in [0.25, 0.3) is 6.08 Å². The van der Waals surface area contributed by atoms with Crippen LogP contribution < -0.4 is 10.1 Å². The highest BCUT2D eigenvalue weighted by Gasteiger charge is 2.14. The quantitative estimate of drug-likeness (QED) is 0.183. The minimum absolute atomic E-state index is 0.185. The largest absolute Gasteiger partial charge is 0.486 e. The van der Waals surface area contributed by atoms with E-state index in [1.807, 2.05) is 37.3 Å². The van der Waals surface area contributed by atoms with Gasteiger partial charge in [-0.15, -0.1) is 0 Å². The number of nitro benzene ring substituents is 1. The van der Waals surface area contributed by atoms with Gasteiger partial charge in [0.2, 0.25) is 0 Å². The minimum Gasteiger partial charge on any atom is -0.486 e. The van der Waals surface area contributed by atoms with Crippen LogP contribution >= 0.6 is 23.2 Å². The molecular weight excluding hydrogens is 465 g/mol. The summed E-state index contributed by atoms with van der Waals surface area (Å²) >= 11 is 12.7. The summed E-state index contributed by atoms with van der Waals surface area (Å²) in [6.45, 7) is 2.25. The Kier molecular flexibility index (Phi) is 7.67. The number of nitro groups is 1. The minimum atomic E-state index is -0.731. The van der Waals surface area contributed by atoms with Crippen molar-refractivity contribution in [2.75, 3.05) is 5.32 Å². The maximum atomic E-state index is 12.5. The molecule has 0 unspecified atom stereocenters. The van der Waals surface area contributed by atoms with Crippen molar-refractivity contribution in [1.82, 2.24) is 0 Å². The number of benzene rings is 3. The Morgan fingerprint density at radius 1 is 1.15 bits per heavy atom. The highest BCUT2D eigenvalue weighted by Crippen LogP contribution is 2.35. The van der Waals surface area contributed by atoms with E-state index in [0.29, 0.717) is 5.56 Å². The molecule has 0 heterocycles. The number of nitrogens with zero attached hydrogens (tertiary/aromatic N) is 2. The lowest BCUT2D eigenvalue weighted by Crippen LogP contribution is -2.13. The lowest BCUT2D eigenvalue weighted by atomic mass is 10.1. The molecule has 0 aliphatic carbocycles. The van der Waals surface area contributed by atoms with Crippen LogP contribution in [0.4, 0.5) is 11.4 Å². The smallest absolute Gasteiger partial charge is 0.271 e. The zero-order valence-corrected chi connectivity index (χ0v) is 18.9. The molecule has 33 heavy (non-hydrogen) atoms. The fraction of sp³-hybridized carbons (Fsp3) is 0.0833. The van der Waals surface area contributed by atoms with Crippen molar-refractivity contribution in [3.05, 3.63) is 103 Å². The van der Waals surface area contributed by atoms with Gasteiger partial charge in [-0.1, -0.05) is 59.1 Å². The predicted molar refractivity (Wildman–Crippen MR) is 127 cm³/mol. The molecule has 166 valence electrons. The van der Waals surface area contributed by atoms with E-state index in [4.69, 9.17) is 27.9 Å². The van der Waals surface area contributed by atoms with Gasteiger partial charge in [-0.25, -0.2) is 0 Å². The van der Waals surface area contributed by atoms with E-state index in [-0.39, 0.29) is 39.3 Å². The average molecular weight is 482 g/mol. The van der Waals surface area contributed by atoms with Gasteiger partial charge in [-0.05, 0) is 42.3 Å². The van der Waals surface area contributed by atoms with E-state index in [2.05, 4.69) is 5.32 Å². The molecule has 0 atom stereocenters. The molecule has 3 rings (SSSR count). The van der Waals surface area contributed by atoms with Gasteiger partial charge >= 0.3 is 0 Å². The maximum absolute atomic E-state index is 12.5. The fourth-order valence-corrected chi connectivity index (χ4v) is 3.58. The van der Waals surface area contributed by atoms with Crippen LogP contribution in [0.1, 0.15) is 16.7 Å². The monoisotopic (exact) mass is 481 g/mol. The van der Waals surface area contributed by atoms with Crippen molar-refractivity contribution in [3.63, 3.8) is 0 Å². The van der Waals surface area contributed by atoms with E-state index in [0.717, 1.165) is 11.1 Å². The lowest BCUT2D eigenvalue weighted by Gasteiger charge is -2.11. The molecule has 0 aliphatic rings. The van der Waals surface area contributed by atoms with E-state index in [1.54, 1.807) is 0 Å². The molecule has 1 amide bonds. The molecule has 0 bridgehead atoms. The standard InChI is InChI=1S/C24H17Cl2N3O4/c1-15-4-2-5-16(8-15)14-33-23-21(25)10-17(11-22(23)26)9-18(13-27)24(30)28-19-6-3-7-20(12-19)29(31)32/h2-12H,14H2,1H3,(H,28,30)/b18-9+. The average Bonchev–Trinajstić information content (AvgIpc) is 2.77. The Balaban J connectivity index is 1.78. The number of non-ortho nitro benzene ring substituents is 1. The Hall–Kier alpha value is -3.86. The second-order valence-corrected chi connectivity index (χ2v) is 7.84. The van der Waals surface area contributed by atoms with Crippen molar-refractivity contribution in [1.29, 1.82) is 5.26 Å². The molecule has 3 aromatic rings. The maximum Gasteiger partial charge on any atom is 0.271 e. The molecule has 9 heteroatoms. The topological polar surface area (TPSA) is 105 Å². The molecule has 3 aromatic carbocycles. The zero-order valence-electron chi connectivity index (χ0n) is 17.3. The van der Waals surface area contributed by atoms with Crippen LogP contribution in [0, 0.1) is 28.4 Å². The van der Waals surface area contributed by atoms with Gasteiger partial charge in [-0.3, -0.25) is 14.9 Å². The Bertz CT molecular complexity index is 1280. The molecule has 0 fully saturated rings. The van der Waals surface area contributed by atoms with Crippen LogP contribution in [0.2, 0.25) is 10.0 Å². The van der Waals surface area contributed by atoms with Gasteiger partial charge in [0.05, 0.1) is 15.0 Å². The van der Waals surface area contributed by atoms with Gasteiger partial charge < -0.3 is 10.1 Å². The lowest BCUT2D eigenvalue weighted by molar-refractivity contribution is -0.384. The SMILES string of the molecule is Cc1cccc(COc2c(Cl)cc(/C=C(\C#N)C(=O)Nc3cccc([N+](=O)[O-])c3)cc2Cl)c1. The highest BCUT2D eigenvalue weighted by atomic mass is 35.5. The first-order chi connectivity index (χ1) is 15.8. The first-order valence-electron chi connectivity index (χ1n) is 9.62. The summed E-state index contributed by atoms with van der Waals surface area (Å²) in [5, 5.41) is 23.2. The van der Waals surface area contributed by atoms with E-state index < -0.39 is 10.8 Å². The van der Waals surface area contributed by atoms with Crippen molar-refractivity contribution in [2.45, 2.75) is 13.5 Å². The summed E-state index contributed by atoms with van der Waals surface area (Å²) in [5.41, 5.74) is 2.24. The molecule has 0 aromatic heterocycles. The molecular formula is C24H17Cl2N3O4. The van der Waals surface area contributed by atoms with Gasteiger partial charge in [0.15, 0.2) is 5.75 Å². The summed E-state index contributed by atoms with van der Waals surface area (Å²) in [6.07, 6.45) is 1.31. The van der Waals surface area contributed by atoms with Crippen LogP contribution in [0.5, 0.6) is 5.75 Å². The molecule has 0 saturated carbocycles. The number of amides is 1. The van der Waals surface area contributed by atoms with Crippen molar-refractivity contribution < 1.29 is 14.5 Å². The number of hydrogen-bond acceptors (Lipinski definition) is 5. The molecule has 7 nitrogen and oxygen atoms in total. The van der Waals surface area contributed by atoms with Crippen molar-refractivity contribution in [3.8, 4) is 11.8 Å².